The number of aliphatic hydroxyl groups excluding tert-OH is 1. The van der Waals surface area contributed by atoms with E-state index in [1.165, 1.54) is 47.9 Å². The molecule has 0 radical (unpaired) electrons. The quantitative estimate of drug-likeness (QED) is 0.380. The molecule has 0 bridgehead atoms. The van der Waals surface area contributed by atoms with Crippen LogP contribution in [0.1, 0.15) is 43.0 Å². The van der Waals surface area contributed by atoms with Crippen molar-refractivity contribution in [2.75, 3.05) is 20.2 Å². The summed E-state index contributed by atoms with van der Waals surface area (Å²) in [5.74, 6) is -0.647. The van der Waals surface area contributed by atoms with Gasteiger partial charge in [0.05, 0.1) is 31.4 Å². The van der Waals surface area contributed by atoms with Gasteiger partial charge >= 0.3 is 5.69 Å². The van der Waals surface area contributed by atoms with Crippen LogP contribution in [0.5, 0.6) is 5.75 Å². The van der Waals surface area contributed by atoms with Gasteiger partial charge in [0.1, 0.15) is 33.5 Å². The van der Waals surface area contributed by atoms with Gasteiger partial charge < -0.3 is 14.7 Å². The van der Waals surface area contributed by atoms with E-state index in [2.05, 4.69) is 10.2 Å². The second-order valence-corrected chi connectivity index (χ2v) is 10.2. The van der Waals surface area contributed by atoms with Gasteiger partial charge in [-0.1, -0.05) is 11.3 Å². The van der Waals surface area contributed by atoms with Crippen LogP contribution < -0.4 is 16.0 Å². The Labute approximate surface area is 220 Å². The van der Waals surface area contributed by atoms with Crippen molar-refractivity contribution in [2.45, 2.75) is 45.4 Å². The van der Waals surface area contributed by atoms with E-state index >= 15 is 0 Å². The Kier molecular flexibility index (Phi) is 6.88. The molecule has 1 aliphatic heterocycles. The molecule has 0 aliphatic carbocycles. The van der Waals surface area contributed by atoms with E-state index in [4.69, 9.17) is 4.74 Å². The highest BCUT2D eigenvalue weighted by Crippen LogP contribution is 2.33. The lowest BCUT2D eigenvalue weighted by molar-refractivity contribution is -0.133. The summed E-state index contributed by atoms with van der Waals surface area (Å²) in [6.07, 6.45) is 3.35. The number of carbonyl (C=O) groups excluding carboxylic acids is 1. The lowest BCUT2D eigenvalue weighted by Crippen LogP contribution is -2.47. The summed E-state index contributed by atoms with van der Waals surface area (Å²) < 4.78 is 21.5. The van der Waals surface area contributed by atoms with Gasteiger partial charge in [0.15, 0.2) is 0 Å². The highest BCUT2D eigenvalue weighted by Gasteiger charge is 2.30. The van der Waals surface area contributed by atoms with Crippen LogP contribution in [0.3, 0.4) is 0 Å². The van der Waals surface area contributed by atoms with Gasteiger partial charge in [0, 0.05) is 24.2 Å². The van der Waals surface area contributed by atoms with E-state index in [1.54, 1.807) is 11.8 Å². The first-order valence-corrected chi connectivity index (χ1v) is 13.0. The van der Waals surface area contributed by atoms with Crippen molar-refractivity contribution in [3.05, 3.63) is 68.4 Å². The first kappa shape index (κ1) is 25.8. The highest BCUT2D eigenvalue weighted by atomic mass is 32.1. The van der Waals surface area contributed by atoms with Gasteiger partial charge in [-0.2, -0.15) is 10.2 Å². The monoisotopic (exact) mass is 542 g/mol. The maximum Gasteiger partial charge on any atom is 0.332 e. The average Bonchev–Trinajstić information content (AvgIpc) is 3.67. The molecule has 0 spiro atoms. The minimum Gasteiger partial charge on any atom is -0.496 e. The molecule has 0 unspecified atom stereocenters. The molecule has 0 saturated carbocycles. The Bertz CT molecular complexity index is 1620. The van der Waals surface area contributed by atoms with E-state index in [0.717, 1.165) is 34.8 Å². The fraction of sp³-hybridized carbons (Fsp3) is 0.400. The number of aromatic nitrogens is 5. The Morgan fingerprint density at radius 3 is 2.55 bits per heavy atom. The maximum atomic E-state index is 14.1. The molecular weight excluding hydrogens is 515 g/mol. The van der Waals surface area contributed by atoms with Crippen molar-refractivity contribution in [2.24, 2.45) is 0 Å². The molecule has 1 aliphatic rings. The van der Waals surface area contributed by atoms with E-state index in [9.17, 15) is 23.9 Å². The molecule has 1 fully saturated rings. The highest BCUT2D eigenvalue weighted by molar-refractivity contribution is 7.21. The zero-order valence-electron chi connectivity index (χ0n) is 21.1. The number of aliphatic hydroxyl groups is 1. The van der Waals surface area contributed by atoms with Crippen LogP contribution in [0.2, 0.25) is 0 Å². The predicted octanol–water partition coefficient (Wildman–Crippen LogP) is 2.18. The van der Waals surface area contributed by atoms with Crippen LogP contribution in [0.4, 0.5) is 4.39 Å². The number of methoxy groups -OCH3 is 1. The lowest BCUT2D eigenvalue weighted by atomic mass is 10.1. The molecule has 13 heteroatoms. The van der Waals surface area contributed by atoms with E-state index in [-0.39, 0.29) is 34.0 Å². The van der Waals surface area contributed by atoms with Crippen LogP contribution in [0.25, 0.3) is 15.2 Å². The fourth-order valence-corrected chi connectivity index (χ4v) is 6.14. The number of rotatable bonds is 7. The zero-order valence-corrected chi connectivity index (χ0v) is 21.9. The molecule has 38 heavy (non-hydrogen) atoms. The molecule has 1 amide bonds. The third kappa shape index (κ3) is 4.31. The Hall–Kier alpha value is -3.84. The number of ether oxygens (including phenoxy) is 1. The van der Waals surface area contributed by atoms with Crippen LogP contribution in [0, 0.1) is 12.7 Å². The van der Waals surface area contributed by atoms with Crippen molar-refractivity contribution in [3.63, 3.8) is 0 Å². The maximum absolute atomic E-state index is 14.1. The van der Waals surface area contributed by atoms with Crippen LogP contribution >= 0.6 is 11.3 Å². The molecule has 2 atom stereocenters. The number of benzene rings is 1. The molecule has 4 heterocycles. The summed E-state index contributed by atoms with van der Waals surface area (Å²) in [7, 11) is 1.39. The number of likely N-dealkylation sites (tertiary alicyclic amines) is 1. The number of hydrogen-bond donors (Lipinski definition) is 1. The molecule has 1 aromatic carbocycles. The molecule has 11 nitrogen and oxygen atoms in total. The molecule has 4 aromatic rings. The molecule has 200 valence electrons. The third-order valence-electron chi connectivity index (χ3n) is 6.89. The molecule has 3 aromatic heterocycles. The lowest BCUT2D eigenvalue weighted by Gasteiger charge is -2.23. The SMILES string of the molecule is COc1ccc(F)cc1[C@@H](O)Cn1c(=O)n([C@H](C)C(=O)N2CCCC2)c(=O)c2c(C)c(-n3nccn3)sc21. The minimum absolute atomic E-state index is 0.147. The number of amides is 1. The summed E-state index contributed by atoms with van der Waals surface area (Å²) in [5, 5.41) is 20.2. The summed E-state index contributed by atoms with van der Waals surface area (Å²) in [5.41, 5.74) is -0.675. The fourth-order valence-electron chi connectivity index (χ4n) is 4.92. The largest absolute Gasteiger partial charge is 0.496 e. The third-order valence-corrected chi connectivity index (χ3v) is 8.17. The van der Waals surface area contributed by atoms with Gasteiger partial charge in [-0.25, -0.2) is 13.8 Å². The van der Waals surface area contributed by atoms with Gasteiger partial charge in [-0.15, -0.1) is 4.80 Å². The second-order valence-electron chi connectivity index (χ2n) is 9.21. The standard InChI is InChI=1S/C25H27FN6O5S/c1-14-20-22(35)31(15(2)21(34)29-10-4-5-11-29)25(36)30(24(20)38-23(14)32-27-8-9-28-32)13-18(33)17-12-16(26)6-7-19(17)37-3/h6-9,12,15,18,33H,4-5,10-11,13H2,1-3H3/t15-,18+/m1/s1. The van der Waals surface area contributed by atoms with Crippen molar-refractivity contribution in [1.29, 1.82) is 0 Å². The van der Waals surface area contributed by atoms with Crippen molar-refractivity contribution in [3.8, 4) is 10.8 Å². The first-order chi connectivity index (χ1) is 18.2. The minimum atomic E-state index is -1.36. The van der Waals surface area contributed by atoms with Crippen molar-refractivity contribution in [1.82, 2.24) is 29.0 Å². The van der Waals surface area contributed by atoms with E-state index < -0.39 is 29.2 Å². The average molecular weight is 543 g/mol. The van der Waals surface area contributed by atoms with E-state index in [0.29, 0.717) is 23.7 Å². The smallest absolute Gasteiger partial charge is 0.332 e. The second kappa shape index (κ2) is 10.1. The number of thiophene rings is 1. The summed E-state index contributed by atoms with van der Waals surface area (Å²) in [6.45, 7) is 4.07. The number of nitrogens with zero attached hydrogens (tertiary/aromatic N) is 6. The van der Waals surface area contributed by atoms with Crippen LogP contribution in [0.15, 0.2) is 40.2 Å². The van der Waals surface area contributed by atoms with Gasteiger partial charge in [-0.05, 0) is 44.9 Å². The number of aryl methyl sites for hydroxylation is 1. The molecule has 1 N–H and O–H groups in total. The molecule has 5 rings (SSSR count). The number of hydrogen-bond acceptors (Lipinski definition) is 8. The molecule has 1 saturated heterocycles. The Balaban J connectivity index is 1.71. The van der Waals surface area contributed by atoms with Gasteiger partial charge in [0.25, 0.3) is 5.56 Å². The summed E-state index contributed by atoms with van der Waals surface area (Å²) in [6, 6.07) is 2.67. The van der Waals surface area contributed by atoms with Gasteiger partial charge in [-0.3, -0.25) is 14.2 Å². The van der Waals surface area contributed by atoms with Crippen LogP contribution in [-0.4, -0.2) is 60.2 Å². The number of fused-ring (bicyclic) bond motifs is 1. The topological polar surface area (TPSA) is 124 Å². The summed E-state index contributed by atoms with van der Waals surface area (Å²) in [4.78, 5) is 44.2. The van der Waals surface area contributed by atoms with Crippen molar-refractivity contribution < 1.29 is 19.0 Å². The normalized spacial score (nSPS) is 15.2. The summed E-state index contributed by atoms with van der Waals surface area (Å²) >= 11 is 1.12. The van der Waals surface area contributed by atoms with Crippen LogP contribution in [-0.2, 0) is 11.3 Å². The Morgan fingerprint density at radius 1 is 1.21 bits per heavy atom. The molecular formula is C25H27FN6O5S. The first-order valence-electron chi connectivity index (χ1n) is 12.2. The Morgan fingerprint density at radius 2 is 1.89 bits per heavy atom. The number of carbonyl (C=O) groups is 1. The van der Waals surface area contributed by atoms with Gasteiger partial charge in [0.2, 0.25) is 5.91 Å². The van der Waals surface area contributed by atoms with E-state index in [1.807, 2.05) is 0 Å². The van der Waals surface area contributed by atoms with Crippen molar-refractivity contribution >= 4 is 27.5 Å². The number of halogens is 1. The zero-order chi connectivity index (χ0) is 27.1. The predicted molar refractivity (Wildman–Crippen MR) is 138 cm³/mol.